The summed E-state index contributed by atoms with van der Waals surface area (Å²) in [5, 5.41) is 0. The Morgan fingerprint density at radius 1 is 1.05 bits per heavy atom. The van der Waals surface area contributed by atoms with Gasteiger partial charge in [0, 0.05) is 6.61 Å². The first-order chi connectivity index (χ1) is 10.5. The lowest BCUT2D eigenvalue weighted by atomic mass is 9.84. The Kier molecular flexibility index (Phi) is 6.41. The maximum atomic E-state index is 12.0. The lowest BCUT2D eigenvalue weighted by Gasteiger charge is -2.32. The minimum atomic E-state index is -3.62. The molecule has 0 spiro atoms. The molecule has 0 bridgehead atoms. The van der Waals surface area contributed by atoms with Crippen molar-refractivity contribution in [2.24, 2.45) is 5.92 Å². The molecule has 1 saturated carbocycles. The van der Waals surface area contributed by atoms with Crippen molar-refractivity contribution in [2.45, 2.75) is 57.0 Å². The summed E-state index contributed by atoms with van der Waals surface area (Å²) in [6.45, 7) is 5.16. The van der Waals surface area contributed by atoms with Crippen molar-refractivity contribution < 1.29 is 17.3 Å². The van der Waals surface area contributed by atoms with Crippen LogP contribution in [0.4, 0.5) is 0 Å². The molecule has 124 valence electrons. The van der Waals surface area contributed by atoms with E-state index in [1.54, 1.807) is 24.3 Å². The molecule has 0 saturated heterocycles. The quantitative estimate of drug-likeness (QED) is 0.513. The van der Waals surface area contributed by atoms with E-state index in [4.69, 9.17) is 8.92 Å². The molecule has 5 heteroatoms. The van der Waals surface area contributed by atoms with Crippen LogP contribution in [0.3, 0.4) is 0 Å². The fourth-order valence-corrected chi connectivity index (χ4v) is 3.48. The van der Waals surface area contributed by atoms with E-state index in [0.29, 0.717) is 6.10 Å². The first-order valence-electron chi connectivity index (χ1n) is 8.05. The highest BCUT2D eigenvalue weighted by Gasteiger charge is 2.25. The van der Waals surface area contributed by atoms with Crippen LogP contribution in [-0.4, -0.2) is 27.7 Å². The Balaban J connectivity index is 1.56. The molecule has 1 aromatic rings. The molecule has 0 radical (unpaired) electrons. The number of unbranched alkanes of at least 4 members (excludes halogenated alkanes) is 2. The van der Waals surface area contributed by atoms with Gasteiger partial charge in [-0.3, -0.25) is 4.18 Å². The molecular formula is C17H26O4S. The monoisotopic (exact) mass is 326 g/mol. The average Bonchev–Trinajstić information content (AvgIpc) is 2.44. The van der Waals surface area contributed by atoms with Crippen LogP contribution in [0.25, 0.3) is 0 Å². The Morgan fingerprint density at radius 2 is 1.68 bits per heavy atom. The molecule has 1 aromatic carbocycles. The van der Waals surface area contributed by atoms with Gasteiger partial charge in [-0.2, -0.15) is 8.42 Å². The van der Waals surface area contributed by atoms with Crippen LogP contribution in [0.1, 0.15) is 44.6 Å². The van der Waals surface area contributed by atoms with Gasteiger partial charge in [-0.25, -0.2) is 0 Å². The minimum absolute atomic E-state index is 0.223. The van der Waals surface area contributed by atoms with Crippen LogP contribution in [-0.2, 0) is 19.0 Å². The van der Waals surface area contributed by atoms with E-state index in [1.165, 1.54) is 12.8 Å². The lowest BCUT2D eigenvalue weighted by molar-refractivity contribution is -0.0267. The van der Waals surface area contributed by atoms with Gasteiger partial charge in [-0.05, 0) is 57.1 Å². The molecule has 0 heterocycles. The number of hydrogen-bond acceptors (Lipinski definition) is 4. The fraction of sp³-hybridized carbons (Fsp3) is 0.647. The lowest BCUT2D eigenvalue weighted by Crippen LogP contribution is -2.29. The molecular weight excluding hydrogens is 300 g/mol. The predicted molar refractivity (Wildman–Crippen MR) is 86.3 cm³/mol. The topological polar surface area (TPSA) is 52.6 Å². The highest BCUT2D eigenvalue weighted by molar-refractivity contribution is 7.86. The summed E-state index contributed by atoms with van der Waals surface area (Å²) in [5.74, 6) is 0.811. The van der Waals surface area contributed by atoms with E-state index in [2.05, 4.69) is 6.92 Å². The largest absolute Gasteiger partial charge is 0.378 e. The van der Waals surface area contributed by atoms with Crippen molar-refractivity contribution in [2.75, 3.05) is 13.2 Å². The van der Waals surface area contributed by atoms with Crippen molar-refractivity contribution in [3.8, 4) is 0 Å². The fourth-order valence-electron chi connectivity index (χ4n) is 2.54. The molecule has 2 rings (SSSR count). The first kappa shape index (κ1) is 17.4. The normalized spacial score (nSPS) is 21.5. The molecule has 4 nitrogen and oxygen atoms in total. The SMILES string of the molecule is Cc1ccc(S(=O)(=O)OCCCCCOC2CC(C)C2)cc1. The Labute approximate surface area is 134 Å². The predicted octanol–water partition coefficient (Wildman–Crippen LogP) is 3.69. The second-order valence-corrected chi connectivity index (χ2v) is 7.83. The van der Waals surface area contributed by atoms with Crippen LogP contribution in [0.15, 0.2) is 29.2 Å². The average molecular weight is 326 g/mol. The van der Waals surface area contributed by atoms with Crippen LogP contribution in [0.5, 0.6) is 0 Å². The van der Waals surface area contributed by atoms with Crippen LogP contribution >= 0.6 is 0 Å². The molecule has 0 aliphatic heterocycles. The maximum absolute atomic E-state index is 12.0. The molecule has 1 fully saturated rings. The third-order valence-electron chi connectivity index (χ3n) is 4.02. The zero-order chi connectivity index (χ0) is 16.0. The first-order valence-corrected chi connectivity index (χ1v) is 9.46. The van der Waals surface area contributed by atoms with Gasteiger partial charge in [0.25, 0.3) is 10.1 Å². The molecule has 0 unspecified atom stereocenters. The summed E-state index contributed by atoms with van der Waals surface area (Å²) in [5.41, 5.74) is 1.03. The third kappa shape index (κ3) is 5.38. The summed E-state index contributed by atoms with van der Waals surface area (Å²) < 4.78 is 34.7. The molecule has 22 heavy (non-hydrogen) atoms. The Bertz CT molecular complexity index is 545. The smallest absolute Gasteiger partial charge is 0.296 e. The highest BCUT2D eigenvalue weighted by atomic mass is 32.2. The number of benzene rings is 1. The third-order valence-corrected chi connectivity index (χ3v) is 5.35. The van der Waals surface area contributed by atoms with Crippen molar-refractivity contribution in [1.82, 2.24) is 0 Å². The van der Waals surface area contributed by atoms with Gasteiger partial charge in [0.15, 0.2) is 0 Å². The number of rotatable bonds is 9. The Hall–Kier alpha value is -0.910. The van der Waals surface area contributed by atoms with Crippen LogP contribution in [0.2, 0.25) is 0 Å². The zero-order valence-corrected chi connectivity index (χ0v) is 14.3. The van der Waals surface area contributed by atoms with Gasteiger partial charge in [-0.1, -0.05) is 24.6 Å². The van der Waals surface area contributed by atoms with Gasteiger partial charge >= 0.3 is 0 Å². The molecule has 1 aliphatic carbocycles. The van der Waals surface area contributed by atoms with Crippen LogP contribution < -0.4 is 0 Å². The number of hydrogen-bond donors (Lipinski definition) is 0. The zero-order valence-electron chi connectivity index (χ0n) is 13.5. The van der Waals surface area contributed by atoms with Crippen molar-refractivity contribution in [1.29, 1.82) is 0 Å². The molecule has 0 amide bonds. The van der Waals surface area contributed by atoms with E-state index in [9.17, 15) is 8.42 Å². The molecule has 0 aromatic heterocycles. The van der Waals surface area contributed by atoms with Crippen LogP contribution in [0, 0.1) is 12.8 Å². The van der Waals surface area contributed by atoms with E-state index in [0.717, 1.165) is 37.4 Å². The second-order valence-electron chi connectivity index (χ2n) is 6.22. The van der Waals surface area contributed by atoms with Gasteiger partial charge in [0.05, 0.1) is 17.6 Å². The second kappa shape index (κ2) is 8.09. The summed E-state index contributed by atoms with van der Waals surface area (Å²) in [4.78, 5) is 0.223. The minimum Gasteiger partial charge on any atom is -0.378 e. The van der Waals surface area contributed by atoms with Gasteiger partial charge in [0.2, 0.25) is 0 Å². The van der Waals surface area contributed by atoms with Gasteiger partial charge in [-0.15, -0.1) is 0 Å². The summed E-state index contributed by atoms with van der Waals surface area (Å²) in [7, 11) is -3.62. The summed E-state index contributed by atoms with van der Waals surface area (Å²) in [6.07, 6.45) is 5.42. The van der Waals surface area contributed by atoms with E-state index in [-0.39, 0.29) is 11.5 Å². The van der Waals surface area contributed by atoms with E-state index < -0.39 is 10.1 Å². The van der Waals surface area contributed by atoms with Crippen molar-refractivity contribution in [3.63, 3.8) is 0 Å². The van der Waals surface area contributed by atoms with Crippen molar-refractivity contribution in [3.05, 3.63) is 29.8 Å². The standard InChI is InChI=1S/C17H26O4S/c1-14-6-8-17(9-7-14)22(18,19)21-11-5-3-4-10-20-16-12-15(2)13-16/h6-9,15-16H,3-5,10-13H2,1-2H3. The number of ether oxygens (including phenoxy) is 1. The Morgan fingerprint density at radius 3 is 2.32 bits per heavy atom. The summed E-state index contributed by atoms with van der Waals surface area (Å²) >= 11 is 0. The molecule has 0 N–H and O–H groups in total. The van der Waals surface area contributed by atoms with Crippen molar-refractivity contribution >= 4 is 10.1 Å². The summed E-state index contributed by atoms with van der Waals surface area (Å²) in [6, 6.07) is 6.71. The van der Waals surface area contributed by atoms with Gasteiger partial charge < -0.3 is 4.74 Å². The number of aryl methyl sites for hydroxylation is 1. The highest BCUT2D eigenvalue weighted by Crippen LogP contribution is 2.29. The molecule has 1 aliphatic rings. The maximum Gasteiger partial charge on any atom is 0.296 e. The molecule has 0 atom stereocenters. The van der Waals surface area contributed by atoms with Gasteiger partial charge in [0.1, 0.15) is 0 Å². The van der Waals surface area contributed by atoms with E-state index >= 15 is 0 Å². The van der Waals surface area contributed by atoms with E-state index in [1.807, 2.05) is 6.92 Å².